The molecule has 6 heteroatoms. The number of nitrogens with zero attached hydrogens (tertiary/aromatic N) is 2. The summed E-state index contributed by atoms with van der Waals surface area (Å²) in [6, 6.07) is 10.4. The number of aromatic nitrogens is 1. The average Bonchev–Trinajstić information content (AvgIpc) is 3.26. The summed E-state index contributed by atoms with van der Waals surface area (Å²) in [7, 11) is 0. The second-order valence-electron chi connectivity index (χ2n) is 5.90. The number of hydrogen-bond donors (Lipinski definition) is 1. The third-order valence-electron chi connectivity index (χ3n) is 4.27. The third-order valence-corrected chi connectivity index (χ3v) is 5.45. The van der Waals surface area contributed by atoms with Gasteiger partial charge in [-0.15, -0.1) is 11.3 Å². The van der Waals surface area contributed by atoms with Crippen molar-refractivity contribution in [3.8, 4) is 10.6 Å². The molecule has 0 spiro atoms. The minimum absolute atomic E-state index is 0.316. The molecule has 4 nitrogen and oxygen atoms in total. The van der Waals surface area contributed by atoms with Crippen LogP contribution in [0, 0.1) is 0 Å². The van der Waals surface area contributed by atoms with E-state index in [1.54, 1.807) is 23.9 Å². The summed E-state index contributed by atoms with van der Waals surface area (Å²) in [6.07, 6.45) is 3.42. The summed E-state index contributed by atoms with van der Waals surface area (Å²) < 4.78 is 5.15. The first-order valence-corrected chi connectivity index (χ1v) is 9.22. The highest BCUT2D eigenvalue weighted by molar-refractivity contribution is 7.13. The van der Waals surface area contributed by atoms with E-state index in [1.807, 2.05) is 18.2 Å². The first-order chi connectivity index (χ1) is 11.8. The lowest BCUT2D eigenvalue weighted by Crippen LogP contribution is -2.45. The Labute approximate surface area is 150 Å². The van der Waals surface area contributed by atoms with Gasteiger partial charge in [-0.05, 0) is 23.8 Å². The lowest BCUT2D eigenvalue weighted by atomic mass is 10.0. The molecule has 1 aliphatic rings. The monoisotopic (exact) mass is 359 g/mol. The second kappa shape index (κ2) is 7.07. The maximum Gasteiger partial charge on any atom is 0.126 e. The van der Waals surface area contributed by atoms with Gasteiger partial charge in [0.25, 0.3) is 0 Å². The van der Waals surface area contributed by atoms with Gasteiger partial charge in [0.2, 0.25) is 0 Å². The number of thiazole rings is 1. The van der Waals surface area contributed by atoms with Crippen molar-refractivity contribution in [1.82, 2.24) is 15.2 Å². The molecule has 0 bridgehead atoms. The van der Waals surface area contributed by atoms with E-state index in [9.17, 15) is 0 Å². The van der Waals surface area contributed by atoms with E-state index >= 15 is 0 Å². The van der Waals surface area contributed by atoms with Crippen molar-refractivity contribution in [2.75, 3.05) is 19.6 Å². The molecule has 124 valence electrons. The fourth-order valence-corrected chi connectivity index (χ4v) is 4.08. The molecular weight excluding hydrogens is 342 g/mol. The van der Waals surface area contributed by atoms with Crippen molar-refractivity contribution in [2.45, 2.75) is 12.6 Å². The van der Waals surface area contributed by atoms with Crippen molar-refractivity contribution in [1.29, 1.82) is 0 Å². The van der Waals surface area contributed by atoms with Crippen molar-refractivity contribution in [3.05, 3.63) is 64.5 Å². The molecule has 0 amide bonds. The van der Waals surface area contributed by atoms with Gasteiger partial charge < -0.3 is 9.73 Å². The molecule has 1 aliphatic heterocycles. The lowest BCUT2D eigenvalue weighted by Gasteiger charge is -2.36. The number of rotatable bonds is 4. The van der Waals surface area contributed by atoms with Crippen LogP contribution in [0.2, 0.25) is 5.02 Å². The quantitative estimate of drug-likeness (QED) is 0.757. The van der Waals surface area contributed by atoms with E-state index in [0.717, 1.165) is 47.5 Å². The van der Waals surface area contributed by atoms with E-state index < -0.39 is 0 Å². The number of benzene rings is 1. The molecule has 0 aliphatic carbocycles. The van der Waals surface area contributed by atoms with E-state index in [1.165, 1.54) is 5.56 Å². The Morgan fingerprint density at radius 1 is 1.38 bits per heavy atom. The van der Waals surface area contributed by atoms with Crippen molar-refractivity contribution < 1.29 is 4.42 Å². The van der Waals surface area contributed by atoms with Crippen LogP contribution in [0.25, 0.3) is 10.6 Å². The zero-order chi connectivity index (χ0) is 16.4. The van der Waals surface area contributed by atoms with Gasteiger partial charge in [-0.25, -0.2) is 4.98 Å². The van der Waals surface area contributed by atoms with Gasteiger partial charge in [-0.1, -0.05) is 23.7 Å². The van der Waals surface area contributed by atoms with Gasteiger partial charge in [-0.2, -0.15) is 0 Å². The van der Waals surface area contributed by atoms with E-state index in [2.05, 4.69) is 27.7 Å². The number of nitrogens with one attached hydrogen (secondary N) is 1. The van der Waals surface area contributed by atoms with Gasteiger partial charge in [0, 0.05) is 48.2 Å². The number of halogens is 1. The normalized spacial score (nSPS) is 18.8. The van der Waals surface area contributed by atoms with Crippen LogP contribution in [0.1, 0.15) is 17.3 Å². The smallest absolute Gasteiger partial charge is 0.126 e. The van der Waals surface area contributed by atoms with Gasteiger partial charge in [-0.3, -0.25) is 4.90 Å². The first-order valence-electron chi connectivity index (χ1n) is 7.97. The summed E-state index contributed by atoms with van der Waals surface area (Å²) in [5.41, 5.74) is 3.39. The third kappa shape index (κ3) is 3.39. The molecule has 2 aromatic heterocycles. The fourth-order valence-electron chi connectivity index (χ4n) is 3.08. The summed E-state index contributed by atoms with van der Waals surface area (Å²) in [6.45, 7) is 3.76. The zero-order valence-corrected chi connectivity index (χ0v) is 14.7. The summed E-state index contributed by atoms with van der Waals surface area (Å²) in [4.78, 5) is 7.23. The molecule has 1 atom stereocenters. The highest BCUT2D eigenvalue weighted by atomic mass is 35.5. The van der Waals surface area contributed by atoms with E-state index in [-0.39, 0.29) is 0 Å². The fraction of sp³-hybridized carbons (Fsp3) is 0.278. The molecular formula is C18H18ClN3OS. The molecule has 3 aromatic rings. The highest BCUT2D eigenvalue weighted by Crippen LogP contribution is 2.28. The van der Waals surface area contributed by atoms with Crippen molar-refractivity contribution in [3.63, 3.8) is 0 Å². The number of hydrogen-bond acceptors (Lipinski definition) is 5. The minimum atomic E-state index is 0.316. The van der Waals surface area contributed by atoms with Crippen LogP contribution in [0.3, 0.4) is 0 Å². The van der Waals surface area contributed by atoms with Crippen LogP contribution in [-0.2, 0) is 6.54 Å². The Bertz CT molecular complexity index is 802. The van der Waals surface area contributed by atoms with Crippen LogP contribution < -0.4 is 5.32 Å². The maximum atomic E-state index is 6.17. The molecule has 1 unspecified atom stereocenters. The molecule has 0 saturated carbocycles. The van der Waals surface area contributed by atoms with Gasteiger partial charge in [0.05, 0.1) is 12.0 Å². The van der Waals surface area contributed by atoms with Crippen LogP contribution in [-0.4, -0.2) is 29.5 Å². The topological polar surface area (TPSA) is 41.3 Å². The molecule has 3 heterocycles. The summed E-state index contributed by atoms with van der Waals surface area (Å²) in [5.74, 6) is 0. The molecule has 1 N–H and O–H groups in total. The largest absolute Gasteiger partial charge is 0.472 e. The summed E-state index contributed by atoms with van der Waals surface area (Å²) in [5, 5.41) is 7.41. The lowest BCUT2D eigenvalue weighted by molar-refractivity contribution is 0.152. The Balaban J connectivity index is 1.53. The number of piperazine rings is 1. The Hall–Kier alpha value is -1.66. The zero-order valence-electron chi connectivity index (χ0n) is 13.1. The molecule has 0 radical (unpaired) electrons. The van der Waals surface area contributed by atoms with E-state index in [0.29, 0.717) is 6.04 Å². The molecule has 24 heavy (non-hydrogen) atoms. The van der Waals surface area contributed by atoms with Crippen LogP contribution in [0.5, 0.6) is 0 Å². The van der Waals surface area contributed by atoms with Gasteiger partial charge in [0.15, 0.2) is 0 Å². The Kier molecular flexibility index (Phi) is 4.67. The first kappa shape index (κ1) is 15.8. The standard InChI is InChI=1S/C18H18ClN3OS/c19-15-3-1-2-13(8-15)17-9-20-5-6-22(17)10-16-12-24-18(21-16)14-4-7-23-11-14/h1-4,7-8,11-12,17,20H,5-6,9-10H2. The van der Waals surface area contributed by atoms with Crippen molar-refractivity contribution in [2.24, 2.45) is 0 Å². The maximum absolute atomic E-state index is 6.17. The predicted octanol–water partition coefficient (Wildman–Crippen LogP) is 4.20. The SMILES string of the molecule is Clc1cccc(C2CNCCN2Cc2csc(-c3ccoc3)n2)c1. The molecule has 1 fully saturated rings. The van der Waals surface area contributed by atoms with Crippen molar-refractivity contribution >= 4 is 22.9 Å². The summed E-state index contributed by atoms with van der Waals surface area (Å²) >= 11 is 7.83. The predicted molar refractivity (Wildman–Crippen MR) is 97.3 cm³/mol. The van der Waals surface area contributed by atoms with Crippen LogP contribution in [0.4, 0.5) is 0 Å². The second-order valence-corrected chi connectivity index (χ2v) is 7.20. The van der Waals surface area contributed by atoms with E-state index in [4.69, 9.17) is 21.0 Å². The van der Waals surface area contributed by atoms with Gasteiger partial charge in [0.1, 0.15) is 11.3 Å². The Morgan fingerprint density at radius 2 is 2.33 bits per heavy atom. The van der Waals surface area contributed by atoms with Crippen LogP contribution in [0.15, 0.2) is 52.7 Å². The highest BCUT2D eigenvalue weighted by Gasteiger charge is 2.24. The van der Waals surface area contributed by atoms with Gasteiger partial charge >= 0.3 is 0 Å². The number of furan rings is 1. The molecule has 1 saturated heterocycles. The molecule has 4 rings (SSSR count). The average molecular weight is 360 g/mol. The Morgan fingerprint density at radius 3 is 3.17 bits per heavy atom. The van der Waals surface area contributed by atoms with Crippen LogP contribution >= 0.6 is 22.9 Å². The molecule has 1 aromatic carbocycles. The minimum Gasteiger partial charge on any atom is -0.472 e.